The molecule has 0 radical (unpaired) electrons. The van der Waals surface area contributed by atoms with E-state index in [1.807, 2.05) is 12.1 Å². The zero-order chi connectivity index (χ0) is 18.7. The molecule has 26 heavy (non-hydrogen) atoms. The fourth-order valence-electron chi connectivity index (χ4n) is 2.53. The summed E-state index contributed by atoms with van der Waals surface area (Å²) in [6.45, 7) is 0. The van der Waals surface area contributed by atoms with Crippen LogP contribution in [-0.4, -0.2) is 30.6 Å². The summed E-state index contributed by atoms with van der Waals surface area (Å²) in [4.78, 5) is 11.2. The highest BCUT2D eigenvalue weighted by Crippen LogP contribution is 2.43. The molecule has 0 spiro atoms. The maximum absolute atomic E-state index is 10.8. The van der Waals surface area contributed by atoms with Gasteiger partial charge in [0, 0.05) is 29.3 Å². The van der Waals surface area contributed by atoms with Crippen LogP contribution in [0.2, 0.25) is 0 Å². The van der Waals surface area contributed by atoms with Crippen molar-refractivity contribution in [1.82, 2.24) is 4.37 Å². The van der Waals surface area contributed by atoms with Gasteiger partial charge in [0.05, 0.1) is 36.8 Å². The maximum atomic E-state index is 10.8. The van der Waals surface area contributed by atoms with Crippen molar-refractivity contribution in [3.63, 3.8) is 0 Å². The van der Waals surface area contributed by atoms with Crippen molar-refractivity contribution < 1.29 is 19.1 Å². The molecule has 0 saturated heterocycles. The van der Waals surface area contributed by atoms with E-state index in [0.29, 0.717) is 17.2 Å². The second-order valence-electron chi connectivity index (χ2n) is 5.29. The molecular weight excluding hydrogens is 356 g/mol. The second-order valence-corrected chi connectivity index (χ2v) is 6.10. The number of nitro benzene ring substituents is 1. The van der Waals surface area contributed by atoms with Crippen molar-refractivity contribution in [3.8, 4) is 38.9 Å². The Morgan fingerprint density at radius 3 is 2.31 bits per heavy atom. The summed E-state index contributed by atoms with van der Waals surface area (Å²) in [7, 11) is 4.72. The summed E-state index contributed by atoms with van der Waals surface area (Å²) < 4.78 is 20.7. The quantitative estimate of drug-likeness (QED) is 0.471. The zero-order valence-electron chi connectivity index (χ0n) is 14.4. The van der Waals surface area contributed by atoms with Gasteiger partial charge in [0.1, 0.15) is 5.75 Å². The van der Waals surface area contributed by atoms with Gasteiger partial charge in [-0.1, -0.05) is 0 Å². The lowest BCUT2D eigenvalue weighted by Crippen LogP contribution is -1.94. The molecule has 0 fully saturated rings. The minimum Gasteiger partial charge on any atom is -0.497 e. The molecule has 134 valence electrons. The molecule has 2 aromatic carbocycles. The third-order valence-electron chi connectivity index (χ3n) is 3.84. The lowest BCUT2D eigenvalue weighted by molar-refractivity contribution is -0.384. The van der Waals surface area contributed by atoms with Crippen LogP contribution in [0.3, 0.4) is 0 Å². The van der Waals surface area contributed by atoms with E-state index in [4.69, 9.17) is 14.2 Å². The fraction of sp³-hybridized carbons (Fsp3) is 0.167. The molecule has 0 saturated carbocycles. The number of benzene rings is 2. The van der Waals surface area contributed by atoms with E-state index in [2.05, 4.69) is 4.37 Å². The molecule has 0 aliphatic heterocycles. The number of ether oxygens (including phenoxy) is 3. The minimum absolute atomic E-state index is 0.0448. The predicted molar refractivity (Wildman–Crippen MR) is 99.3 cm³/mol. The van der Waals surface area contributed by atoms with Gasteiger partial charge in [-0.15, -0.1) is 0 Å². The first-order chi connectivity index (χ1) is 12.6. The van der Waals surface area contributed by atoms with E-state index in [0.717, 1.165) is 21.7 Å². The van der Waals surface area contributed by atoms with Gasteiger partial charge in [0.15, 0.2) is 11.5 Å². The highest BCUT2D eigenvalue weighted by atomic mass is 32.1. The number of nitrogens with zero attached hydrogens (tertiary/aromatic N) is 2. The Morgan fingerprint density at radius 1 is 1.00 bits per heavy atom. The molecule has 1 aromatic heterocycles. The standard InChI is InChI=1S/C18H16N2O5S/c1-23-13-8-14(18(25-3)16(9-13)24-2)17-10-15(19-26-17)11-4-6-12(7-5-11)20(21)22/h4-10H,1-3H3. The lowest BCUT2D eigenvalue weighted by atomic mass is 10.1. The van der Waals surface area contributed by atoms with Crippen LogP contribution in [0.15, 0.2) is 42.5 Å². The minimum atomic E-state index is -0.427. The van der Waals surface area contributed by atoms with E-state index < -0.39 is 4.92 Å². The van der Waals surface area contributed by atoms with Gasteiger partial charge < -0.3 is 14.2 Å². The summed E-state index contributed by atoms with van der Waals surface area (Å²) in [6.07, 6.45) is 0. The average Bonchev–Trinajstić information content (AvgIpc) is 3.16. The smallest absolute Gasteiger partial charge is 0.269 e. The van der Waals surface area contributed by atoms with Gasteiger partial charge in [-0.2, -0.15) is 4.37 Å². The van der Waals surface area contributed by atoms with Gasteiger partial charge in [-0.25, -0.2) is 0 Å². The van der Waals surface area contributed by atoms with E-state index in [1.54, 1.807) is 39.5 Å². The molecule has 0 bridgehead atoms. The first-order valence-electron chi connectivity index (χ1n) is 7.59. The highest BCUT2D eigenvalue weighted by molar-refractivity contribution is 7.09. The fourth-order valence-corrected chi connectivity index (χ4v) is 3.30. The summed E-state index contributed by atoms with van der Waals surface area (Å²) in [6, 6.07) is 11.8. The summed E-state index contributed by atoms with van der Waals surface area (Å²) >= 11 is 1.30. The third kappa shape index (κ3) is 3.31. The van der Waals surface area contributed by atoms with Crippen LogP contribution in [0, 0.1) is 10.1 Å². The lowest BCUT2D eigenvalue weighted by Gasteiger charge is -2.13. The Hall–Kier alpha value is -3.13. The normalized spacial score (nSPS) is 10.4. The number of aromatic nitrogens is 1. The SMILES string of the molecule is COc1cc(OC)c(OC)c(-c2cc(-c3ccc([N+](=O)[O-])cc3)ns2)c1. The van der Waals surface area contributed by atoms with Gasteiger partial charge in [0.2, 0.25) is 0 Å². The summed E-state index contributed by atoms with van der Waals surface area (Å²) in [5.41, 5.74) is 2.37. The number of methoxy groups -OCH3 is 3. The summed E-state index contributed by atoms with van der Waals surface area (Å²) in [5.74, 6) is 1.79. The second kappa shape index (κ2) is 7.40. The average molecular weight is 372 g/mol. The van der Waals surface area contributed by atoms with Crippen molar-refractivity contribution in [2.24, 2.45) is 0 Å². The first-order valence-corrected chi connectivity index (χ1v) is 8.36. The molecule has 3 aromatic rings. The Labute approximate surface area is 154 Å². The van der Waals surface area contributed by atoms with Crippen LogP contribution in [0.25, 0.3) is 21.7 Å². The van der Waals surface area contributed by atoms with Crippen molar-refractivity contribution >= 4 is 17.2 Å². The van der Waals surface area contributed by atoms with Crippen LogP contribution < -0.4 is 14.2 Å². The molecule has 0 amide bonds. The molecular formula is C18H16N2O5S. The van der Waals surface area contributed by atoms with Crippen molar-refractivity contribution in [2.45, 2.75) is 0 Å². The van der Waals surface area contributed by atoms with Gasteiger partial charge in [-0.3, -0.25) is 10.1 Å². The third-order valence-corrected chi connectivity index (χ3v) is 4.66. The van der Waals surface area contributed by atoms with Crippen LogP contribution in [0.1, 0.15) is 0 Å². The molecule has 8 heteroatoms. The van der Waals surface area contributed by atoms with Crippen molar-refractivity contribution in [1.29, 1.82) is 0 Å². The number of nitro groups is 1. The Balaban J connectivity index is 2.03. The Morgan fingerprint density at radius 2 is 1.73 bits per heavy atom. The number of hydrogen-bond donors (Lipinski definition) is 0. The highest BCUT2D eigenvalue weighted by Gasteiger charge is 2.17. The van der Waals surface area contributed by atoms with Gasteiger partial charge in [0.25, 0.3) is 5.69 Å². The van der Waals surface area contributed by atoms with E-state index in [9.17, 15) is 10.1 Å². The van der Waals surface area contributed by atoms with Gasteiger partial charge >= 0.3 is 0 Å². The largest absolute Gasteiger partial charge is 0.497 e. The number of hydrogen-bond acceptors (Lipinski definition) is 7. The molecule has 0 N–H and O–H groups in total. The molecule has 7 nitrogen and oxygen atoms in total. The van der Waals surface area contributed by atoms with E-state index >= 15 is 0 Å². The van der Waals surface area contributed by atoms with E-state index in [-0.39, 0.29) is 5.69 Å². The summed E-state index contributed by atoms with van der Waals surface area (Å²) in [5, 5.41) is 10.8. The zero-order valence-corrected chi connectivity index (χ0v) is 15.2. The van der Waals surface area contributed by atoms with Crippen LogP contribution >= 0.6 is 11.5 Å². The van der Waals surface area contributed by atoms with E-state index in [1.165, 1.54) is 23.7 Å². The molecule has 3 rings (SSSR count). The number of rotatable bonds is 6. The monoisotopic (exact) mass is 372 g/mol. The first kappa shape index (κ1) is 17.7. The maximum Gasteiger partial charge on any atom is 0.269 e. The molecule has 0 unspecified atom stereocenters. The Kier molecular flexibility index (Phi) is 5.04. The Bertz CT molecular complexity index is 937. The number of non-ortho nitro benzene ring substituents is 1. The van der Waals surface area contributed by atoms with Crippen LogP contribution in [0.4, 0.5) is 5.69 Å². The van der Waals surface area contributed by atoms with Crippen molar-refractivity contribution in [2.75, 3.05) is 21.3 Å². The van der Waals surface area contributed by atoms with Crippen molar-refractivity contribution in [3.05, 3.63) is 52.6 Å². The molecule has 0 aliphatic rings. The van der Waals surface area contributed by atoms with Crippen LogP contribution in [-0.2, 0) is 0 Å². The predicted octanol–water partition coefficient (Wildman–Crippen LogP) is 4.41. The topological polar surface area (TPSA) is 83.7 Å². The molecule has 0 aliphatic carbocycles. The molecule has 0 atom stereocenters. The molecule has 1 heterocycles. The van der Waals surface area contributed by atoms with Crippen LogP contribution in [0.5, 0.6) is 17.2 Å². The van der Waals surface area contributed by atoms with Gasteiger partial charge in [-0.05, 0) is 35.8 Å².